The number of hydrogen-bond acceptors (Lipinski definition) is 5. The second kappa shape index (κ2) is 11.8. The number of rotatable bonds is 8. The van der Waals surface area contributed by atoms with Gasteiger partial charge in [-0.3, -0.25) is 9.69 Å². The van der Waals surface area contributed by atoms with E-state index in [1.165, 1.54) is 28.3 Å². The molecule has 4 rings (SSSR count). The maximum atomic E-state index is 13.4. The minimum Gasteiger partial charge on any atom is -0.444 e. The molecule has 0 bridgehead atoms. The molecule has 0 aliphatic carbocycles. The molecule has 1 heterocycles. The van der Waals surface area contributed by atoms with E-state index in [0.717, 1.165) is 5.56 Å². The Morgan fingerprint density at radius 3 is 2.20 bits per heavy atom. The third-order valence-electron chi connectivity index (χ3n) is 6.22. The van der Waals surface area contributed by atoms with Crippen molar-refractivity contribution in [1.82, 2.24) is 14.2 Å². The van der Waals surface area contributed by atoms with Gasteiger partial charge in [0.25, 0.3) is 10.0 Å². The summed E-state index contributed by atoms with van der Waals surface area (Å²) in [7, 11) is -2.30. The maximum Gasteiger partial charge on any atom is 0.410 e. The first kappa shape index (κ1) is 28.6. The summed E-state index contributed by atoms with van der Waals surface area (Å²) in [6.07, 6.45) is 4.31. The molecule has 40 heavy (non-hydrogen) atoms. The van der Waals surface area contributed by atoms with Crippen LogP contribution in [0.2, 0.25) is 0 Å². The number of para-hydroxylation sites is 1. The van der Waals surface area contributed by atoms with Gasteiger partial charge < -0.3 is 10.1 Å². The van der Waals surface area contributed by atoms with Crippen LogP contribution < -0.4 is 5.32 Å². The predicted octanol–water partition coefficient (Wildman–Crippen LogP) is 5.44. The molecule has 0 aliphatic rings. The molecule has 8 nitrogen and oxygen atoms in total. The van der Waals surface area contributed by atoms with Gasteiger partial charge in [-0.1, -0.05) is 66.7 Å². The first-order valence-corrected chi connectivity index (χ1v) is 14.3. The molecule has 1 N–H and O–H groups in total. The molecule has 2 amide bonds. The number of fused-ring (bicyclic) bond motifs is 1. The number of carbonyl (C=O) groups excluding carboxylic acids is 2. The highest BCUT2D eigenvalue weighted by Crippen LogP contribution is 2.26. The second-order valence-corrected chi connectivity index (χ2v) is 12.2. The zero-order valence-electron chi connectivity index (χ0n) is 22.9. The van der Waals surface area contributed by atoms with Crippen molar-refractivity contribution >= 4 is 39.0 Å². The lowest BCUT2D eigenvalue weighted by atomic mass is 10.0. The van der Waals surface area contributed by atoms with Crippen LogP contribution in [-0.4, -0.2) is 48.0 Å². The molecule has 4 aromatic rings. The van der Waals surface area contributed by atoms with Crippen molar-refractivity contribution in [2.24, 2.45) is 0 Å². The van der Waals surface area contributed by atoms with Crippen LogP contribution in [0.25, 0.3) is 17.0 Å². The summed E-state index contributed by atoms with van der Waals surface area (Å²) < 4.78 is 33.5. The number of aromatic nitrogens is 1. The van der Waals surface area contributed by atoms with E-state index in [1.807, 2.05) is 42.5 Å². The van der Waals surface area contributed by atoms with Crippen LogP contribution in [-0.2, 0) is 26.0 Å². The third kappa shape index (κ3) is 6.60. The van der Waals surface area contributed by atoms with E-state index < -0.39 is 33.7 Å². The average Bonchev–Trinajstić information content (AvgIpc) is 3.31. The summed E-state index contributed by atoms with van der Waals surface area (Å²) in [6, 6.07) is 23.9. The lowest BCUT2D eigenvalue weighted by Gasteiger charge is -2.29. The summed E-state index contributed by atoms with van der Waals surface area (Å²) in [5, 5.41) is 3.47. The highest BCUT2D eigenvalue weighted by Gasteiger charge is 2.30. The van der Waals surface area contributed by atoms with Crippen molar-refractivity contribution in [1.29, 1.82) is 0 Å². The fourth-order valence-corrected chi connectivity index (χ4v) is 5.63. The summed E-state index contributed by atoms with van der Waals surface area (Å²) >= 11 is 0. The first-order chi connectivity index (χ1) is 19.0. The van der Waals surface area contributed by atoms with Crippen molar-refractivity contribution in [3.63, 3.8) is 0 Å². The van der Waals surface area contributed by atoms with E-state index in [1.54, 1.807) is 69.3 Å². The van der Waals surface area contributed by atoms with Gasteiger partial charge in [0, 0.05) is 36.8 Å². The molecule has 0 radical (unpaired) electrons. The van der Waals surface area contributed by atoms with Gasteiger partial charge >= 0.3 is 6.09 Å². The Morgan fingerprint density at radius 1 is 0.950 bits per heavy atom. The summed E-state index contributed by atoms with van der Waals surface area (Å²) in [6.45, 7) is 5.30. The molecule has 208 valence electrons. The molecule has 0 fully saturated rings. The Hall–Kier alpha value is -4.37. The molecule has 9 heteroatoms. The van der Waals surface area contributed by atoms with Crippen molar-refractivity contribution in [3.8, 4) is 0 Å². The minimum absolute atomic E-state index is 0.175. The summed E-state index contributed by atoms with van der Waals surface area (Å²) in [5.41, 5.74) is 1.29. The fourth-order valence-electron chi connectivity index (χ4n) is 4.23. The minimum atomic E-state index is -3.83. The van der Waals surface area contributed by atoms with E-state index in [2.05, 4.69) is 5.32 Å². The number of nitrogens with zero attached hydrogens (tertiary/aromatic N) is 2. The molecule has 3 aromatic carbocycles. The van der Waals surface area contributed by atoms with Gasteiger partial charge in [0.05, 0.1) is 10.4 Å². The smallest absolute Gasteiger partial charge is 0.410 e. The Balaban J connectivity index is 1.60. The highest BCUT2D eigenvalue weighted by molar-refractivity contribution is 7.90. The average molecular weight is 560 g/mol. The third-order valence-corrected chi connectivity index (χ3v) is 7.91. The van der Waals surface area contributed by atoms with Gasteiger partial charge in [0.1, 0.15) is 11.6 Å². The standard InChI is InChI=1S/C31H33N3O5S/c1-31(2,3)39-30(36)33(4)28(21-23-13-7-5-8-14-23)29(35)32-20-19-24-22-34(27-18-12-11-17-26(24)27)40(37,38)25-15-9-6-10-16-25/h5-20,22,28H,21H2,1-4H3,(H,32,35)/b20-19+/t28-/m0/s1. The van der Waals surface area contributed by atoms with Gasteiger partial charge in [-0.15, -0.1) is 0 Å². The van der Waals surface area contributed by atoms with E-state index in [4.69, 9.17) is 4.74 Å². The molecule has 0 spiro atoms. The lowest BCUT2D eigenvalue weighted by molar-refractivity contribution is -0.125. The monoisotopic (exact) mass is 559 g/mol. The van der Waals surface area contributed by atoms with Crippen LogP contribution in [0.15, 0.2) is 102 Å². The second-order valence-electron chi connectivity index (χ2n) is 10.4. The SMILES string of the molecule is CN(C(=O)OC(C)(C)C)[C@@H](Cc1ccccc1)C(=O)N/C=C/c1cn(S(=O)(=O)c2ccccc2)c2ccccc12. The molecular formula is C31H33N3O5S. The first-order valence-electron chi connectivity index (χ1n) is 12.8. The van der Waals surface area contributed by atoms with Crippen molar-refractivity contribution in [2.45, 2.75) is 43.7 Å². The van der Waals surface area contributed by atoms with E-state index >= 15 is 0 Å². The Morgan fingerprint density at radius 2 is 1.55 bits per heavy atom. The highest BCUT2D eigenvalue weighted by atomic mass is 32.2. The molecule has 0 aliphatic heterocycles. The Labute approximate surface area is 234 Å². The zero-order chi connectivity index (χ0) is 28.9. The number of nitrogens with one attached hydrogen (secondary N) is 1. The van der Waals surface area contributed by atoms with Gasteiger partial charge in [0.2, 0.25) is 5.91 Å². The van der Waals surface area contributed by atoms with Crippen LogP contribution in [0.3, 0.4) is 0 Å². The van der Waals surface area contributed by atoms with E-state index in [-0.39, 0.29) is 11.3 Å². The van der Waals surface area contributed by atoms with Crippen LogP contribution in [0.4, 0.5) is 4.79 Å². The molecule has 0 saturated carbocycles. The molecular weight excluding hydrogens is 526 g/mol. The van der Waals surface area contributed by atoms with Crippen molar-refractivity contribution < 1.29 is 22.7 Å². The normalized spacial score (nSPS) is 12.8. The van der Waals surface area contributed by atoms with Crippen LogP contribution in [0.5, 0.6) is 0 Å². The number of amides is 2. The van der Waals surface area contributed by atoms with Crippen molar-refractivity contribution in [2.75, 3.05) is 7.05 Å². The van der Waals surface area contributed by atoms with Crippen LogP contribution >= 0.6 is 0 Å². The van der Waals surface area contributed by atoms with Gasteiger partial charge in [-0.2, -0.15) is 0 Å². The van der Waals surface area contributed by atoms with E-state index in [9.17, 15) is 18.0 Å². The predicted molar refractivity (Wildman–Crippen MR) is 156 cm³/mol. The van der Waals surface area contributed by atoms with Gasteiger partial charge in [-0.05, 0) is 50.6 Å². The van der Waals surface area contributed by atoms with Crippen LogP contribution in [0, 0.1) is 0 Å². The Bertz CT molecular complexity index is 1620. The molecule has 0 saturated heterocycles. The fraction of sp³-hybridized carbons (Fsp3) is 0.226. The van der Waals surface area contributed by atoms with Crippen molar-refractivity contribution in [3.05, 3.63) is 108 Å². The molecule has 1 aromatic heterocycles. The number of carbonyl (C=O) groups is 2. The van der Waals surface area contributed by atoms with E-state index in [0.29, 0.717) is 16.5 Å². The van der Waals surface area contributed by atoms with Gasteiger partial charge in [-0.25, -0.2) is 17.2 Å². The number of hydrogen-bond donors (Lipinski definition) is 1. The number of likely N-dealkylation sites (N-methyl/N-ethyl adjacent to an activating group) is 1. The quantitative estimate of drug-likeness (QED) is 0.310. The van der Waals surface area contributed by atoms with Crippen LogP contribution in [0.1, 0.15) is 31.9 Å². The molecule has 0 unspecified atom stereocenters. The summed E-state index contributed by atoms with van der Waals surface area (Å²) in [5.74, 6) is -0.408. The maximum absolute atomic E-state index is 13.4. The zero-order valence-corrected chi connectivity index (χ0v) is 23.8. The summed E-state index contributed by atoms with van der Waals surface area (Å²) in [4.78, 5) is 27.6. The lowest BCUT2D eigenvalue weighted by Crippen LogP contribution is -2.49. The van der Waals surface area contributed by atoms with Gasteiger partial charge in [0.15, 0.2) is 0 Å². The topological polar surface area (TPSA) is 97.7 Å². The largest absolute Gasteiger partial charge is 0.444 e. The Kier molecular flexibility index (Phi) is 8.44. The molecule has 1 atom stereocenters. The number of ether oxygens (including phenoxy) is 1. The number of benzene rings is 3.